The molecule has 2 amide bonds. The van der Waals surface area contributed by atoms with Crippen LogP contribution in [0.25, 0.3) is 0 Å². The summed E-state index contributed by atoms with van der Waals surface area (Å²) >= 11 is 0. The summed E-state index contributed by atoms with van der Waals surface area (Å²) in [7, 11) is 0. The zero-order chi connectivity index (χ0) is 16.9. The second kappa shape index (κ2) is 7.12. The van der Waals surface area contributed by atoms with Crippen LogP contribution < -0.4 is 15.0 Å². The minimum Gasteiger partial charge on any atom is -0.484 e. The van der Waals surface area contributed by atoms with Crippen molar-refractivity contribution in [2.24, 2.45) is 0 Å². The number of hydrogen-bond acceptors (Lipinski definition) is 3. The third-order valence-corrected chi connectivity index (χ3v) is 3.74. The first-order chi connectivity index (χ1) is 11.6. The average molecular weight is 328 g/mol. The monoisotopic (exact) mass is 328 g/mol. The van der Waals surface area contributed by atoms with E-state index >= 15 is 0 Å². The van der Waals surface area contributed by atoms with Crippen LogP contribution in [0.15, 0.2) is 54.6 Å². The number of rotatable bonds is 5. The van der Waals surface area contributed by atoms with Crippen molar-refractivity contribution in [2.75, 3.05) is 18.1 Å². The lowest BCUT2D eigenvalue weighted by Gasteiger charge is -2.17. The molecule has 124 valence electrons. The highest BCUT2D eigenvalue weighted by Gasteiger charge is 2.31. The number of halogens is 1. The van der Waals surface area contributed by atoms with E-state index < -0.39 is 0 Å². The molecule has 0 aromatic heterocycles. The van der Waals surface area contributed by atoms with Crippen molar-refractivity contribution in [2.45, 2.75) is 12.5 Å². The quantitative estimate of drug-likeness (QED) is 0.915. The van der Waals surface area contributed by atoms with Gasteiger partial charge in [-0.25, -0.2) is 4.39 Å². The third kappa shape index (κ3) is 3.90. The van der Waals surface area contributed by atoms with Gasteiger partial charge in [-0.1, -0.05) is 18.2 Å². The SMILES string of the molecule is O=C(COc1ccccc1)N[C@@H]1CC(=O)N(c2ccc(F)cc2)C1. The Morgan fingerprint density at radius 3 is 2.58 bits per heavy atom. The van der Waals surface area contributed by atoms with Gasteiger partial charge in [0, 0.05) is 18.7 Å². The fourth-order valence-corrected chi connectivity index (χ4v) is 2.61. The lowest BCUT2D eigenvalue weighted by atomic mass is 10.2. The van der Waals surface area contributed by atoms with Gasteiger partial charge >= 0.3 is 0 Å². The van der Waals surface area contributed by atoms with Gasteiger partial charge in [0.1, 0.15) is 11.6 Å². The number of carbonyl (C=O) groups is 2. The minimum absolute atomic E-state index is 0.101. The van der Waals surface area contributed by atoms with Crippen LogP contribution in [0.2, 0.25) is 0 Å². The second-order valence-corrected chi connectivity index (χ2v) is 5.55. The maximum atomic E-state index is 13.0. The predicted octanol–water partition coefficient (Wildman–Crippen LogP) is 2.13. The van der Waals surface area contributed by atoms with E-state index in [2.05, 4.69) is 5.32 Å². The standard InChI is InChI=1S/C18H17FN2O3/c19-13-6-8-15(9-7-13)21-11-14(10-18(21)23)20-17(22)12-24-16-4-2-1-3-5-16/h1-9,14H,10-12H2,(H,20,22)/t14-/m1/s1. The van der Waals surface area contributed by atoms with Gasteiger partial charge in [0.05, 0.1) is 6.04 Å². The molecule has 1 heterocycles. The molecule has 2 aromatic carbocycles. The van der Waals surface area contributed by atoms with Gasteiger partial charge in [0.2, 0.25) is 5.91 Å². The van der Waals surface area contributed by atoms with Crippen molar-refractivity contribution in [1.29, 1.82) is 0 Å². The molecule has 1 N–H and O–H groups in total. The molecule has 0 radical (unpaired) electrons. The molecule has 1 fully saturated rings. The molecule has 0 unspecified atom stereocenters. The molecule has 1 atom stereocenters. The summed E-state index contributed by atoms with van der Waals surface area (Å²) in [5.41, 5.74) is 0.624. The van der Waals surface area contributed by atoms with Crippen LogP contribution in [0.5, 0.6) is 5.75 Å². The van der Waals surface area contributed by atoms with Crippen LogP contribution in [0, 0.1) is 5.82 Å². The number of anilines is 1. The van der Waals surface area contributed by atoms with Crippen LogP contribution in [0.3, 0.4) is 0 Å². The number of nitrogens with one attached hydrogen (secondary N) is 1. The Hall–Kier alpha value is -2.89. The maximum absolute atomic E-state index is 13.0. The smallest absolute Gasteiger partial charge is 0.258 e. The third-order valence-electron chi connectivity index (χ3n) is 3.74. The lowest BCUT2D eigenvalue weighted by molar-refractivity contribution is -0.123. The van der Waals surface area contributed by atoms with Crippen molar-refractivity contribution < 1.29 is 18.7 Å². The van der Waals surface area contributed by atoms with Crippen LogP contribution in [0.1, 0.15) is 6.42 Å². The summed E-state index contributed by atoms with van der Waals surface area (Å²) in [6, 6.07) is 14.5. The van der Waals surface area contributed by atoms with E-state index in [1.165, 1.54) is 12.1 Å². The Bertz CT molecular complexity index is 719. The van der Waals surface area contributed by atoms with Crippen LogP contribution in [-0.2, 0) is 9.59 Å². The van der Waals surface area contributed by atoms with Crippen LogP contribution >= 0.6 is 0 Å². The number of amides is 2. The van der Waals surface area contributed by atoms with E-state index in [1.54, 1.807) is 29.2 Å². The number of benzene rings is 2. The molecule has 0 aliphatic carbocycles. The molecule has 0 saturated carbocycles. The van der Waals surface area contributed by atoms with Crippen molar-refractivity contribution in [3.63, 3.8) is 0 Å². The molecule has 1 aliphatic heterocycles. The maximum Gasteiger partial charge on any atom is 0.258 e. The van der Waals surface area contributed by atoms with Gasteiger partial charge in [-0.3, -0.25) is 9.59 Å². The highest BCUT2D eigenvalue weighted by molar-refractivity contribution is 5.96. The fraction of sp³-hybridized carbons (Fsp3) is 0.222. The molecule has 5 nitrogen and oxygen atoms in total. The number of carbonyl (C=O) groups excluding carboxylic acids is 2. The van der Waals surface area contributed by atoms with E-state index in [0.29, 0.717) is 18.0 Å². The molecule has 1 saturated heterocycles. The topological polar surface area (TPSA) is 58.6 Å². The zero-order valence-electron chi connectivity index (χ0n) is 12.9. The summed E-state index contributed by atoms with van der Waals surface area (Å²) in [6.07, 6.45) is 0.217. The van der Waals surface area contributed by atoms with E-state index in [9.17, 15) is 14.0 Å². The summed E-state index contributed by atoms with van der Waals surface area (Å²) in [4.78, 5) is 25.6. The predicted molar refractivity (Wildman–Crippen MR) is 87.2 cm³/mol. The van der Waals surface area contributed by atoms with Gasteiger partial charge in [0.15, 0.2) is 6.61 Å². The molecule has 24 heavy (non-hydrogen) atoms. The van der Waals surface area contributed by atoms with Crippen LogP contribution in [-0.4, -0.2) is 31.0 Å². The Balaban J connectivity index is 1.52. The molecule has 2 aromatic rings. The highest BCUT2D eigenvalue weighted by Crippen LogP contribution is 2.21. The van der Waals surface area contributed by atoms with Crippen molar-refractivity contribution in [3.05, 3.63) is 60.4 Å². The molecular weight excluding hydrogens is 311 g/mol. The number of ether oxygens (including phenoxy) is 1. The summed E-state index contributed by atoms with van der Waals surface area (Å²) in [5, 5.41) is 2.79. The molecule has 1 aliphatic rings. The first-order valence-corrected chi connectivity index (χ1v) is 7.65. The van der Waals surface area contributed by atoms with Crippen molar-refractivity contribution >= 4 is 17.5 Å². The number of nitrogens with zero attached hydrogens (tertiary/aromatic N) is 1. The molecule has 0 spiro atoms. The molecule has 3 rings (SSSR count). The summed E-state index contributed by atoms with van der Waals surface area (Å²) < 4.78 is 18.3. The zero-order valence-corrected chi connectivity index (χ0v) is 12.9. The van der Waals surface area contributed by atoms with E-state index in [-0.39, 0.29) is 36.7 Å². The largest absolute Gasteiger partial charge is 0.484 e. The van der Waals surface area contributed by atoms with Gasteiger partial charge in [0.25, 0.3) is 5.91 Å². The lowest BCUT2D eigenvalue weighted by Crippen LogP contribution is -2.39. The molecule has 0 bridgehead atoms. The van der Waals surface area contributed by atoms with Gasteiger partial charge in [-0.05, 0) is 36.4 Å². The Kier molecular flexibility index (Phi) is 4.74. The first kappa shape index (κ1) is 16.0. The average Bonchev–Trinajstić information content (AvgIpc) is 2.95. The van der Waals surface area contributed by atoms with Crippen molar-refractivity contribution in [1.82, 2.24) is 5.32 Å². The van der Waals surface area contributed by atoms with Gasteiger partial charge in [-0.2, -0.15) is 0 Å². The second-order valence-electron chi connectivity index (χ2n) is 5.55. The number of hydrogen-bond donors (Lipinski definition) is 1. The van der Waals surface area contributed by atoms with Gasteiger partial charge in [-0.15, -0.1) is 0 Å². The minimum atomic E-state index is -0.353. The Morgan fingerprint density at radius 1 is 1.17 bits per heavy atom. The summed E-state index contributed by atoms with van der Waals surface area (Å²) in [6.45, 7) is 0.257. The highest BCUT2D eigenvalue weighted by atomic mass is 19.1. The first-order valence-electron chi connectivity index (χ1n) is 7.65. The fourth-order valence-electron chi connectivity index (χ4n) is 2.61. The van der Waals surface area contributed by atoms with E-state index in [4.69, 9.17) is 4.74 Å². The number of para-hydroxylation sites is 1. The molecule has 6 heteroatoms. The van der Waals surface area contributed by atoms with Crippen molar-refractivity contribution in [3.8, 4) is 5.75 Å². The Labute approximate surface area is 139 Å². The Morgan fingerprint density at radius 2 is 1.88 bits per heavy atom. The van der Waals surface area contributed by atoms with E-state index in [0.717, 1.165) is 0 Å². The van der Waals surface area contributed by atoms with Crippen LogP contribution in [0.4, 0.5) is 10.1 Å². The van der Waals surface area contributed by atoms with Gasteiger partial charge < -0.3 is 15.0 Å². The molecular formula is C18H17FN2O3. The van der Waals surface area contributed by atoms with E-state index in [1.807, 2.05) is 18.2 Å². The summed E-state index contributed by atoms with van der Waals surface area (Å²) in [5.74, 6) is -0.120. The normalized spacial score (nSPS) is 17.0.